The van der Waals surface area contributed by atoms with Crippen molar-refractivity contribution < 1.29 is 18.4 Å². The van der Waals surface area contributed by atoms with Crippen LogP contribution in [0.15, 0.2) is 66.0 Å². The topological polar surface area (TPSA) is 52.7 Å². The molecule has 0 radical (unpaired) electrons. The van der Waals surface area contributed by atoms with E-state index in [1.165, 1.54) is 29.2 Å². The second kappa shape index (κ2) is 9.91. The molecule has 3 aromatic rings. The number of anilines is 1. The predicted octanol–water partition coefficient (Wildman–Crippen LogP) is 5.25. The number of hydrogen-bond donors (Lipinski definition) is 1. The summed E-state index contributed by atoms with van der Waals surface area (Å²) in [6.45, 7) is 0.573. The number of carbonyl (C=O) groups is 2. The molecule has 0 bridgehead atoms. The van der Waals surface area contributed by atoms with Crippen molar-refractivity contribution in [3.05, 3.63) is 88.1 Å². The fourth-order valence-electron chi connectivity index (χ4n) is 3.38. The van der Waals surface area contributed by atoms with Gasteiger partial charge in [-0.2, -0.15) is 0 Å². The maximum absolute atomic E-state index is 14.0. The third kappa shape index (κ3) is 5.70. The third-order valence-electron chi connectivity index (χ3n) is 5.24. The highest BCUT2D eigenvalue weighted by Gasteiger charge is 2.35. The van der Waals surface area contributed by atoms with Crippen molar-refractivity contribution in [3.8, 4) is 0 Å². The van der Waals surface area contributed by atoms with Crippen molar-refractivity contribution in [2.24, 2.45) is 0 Å². The van der Waals surface area contributed by atoms with Crippen molar-refractivity contribution in [3.63, 3.8) is 0 Å². The molecule has 0 unspecified atom stereocenters. The van der Waals surface area contributed by atoms with Crippen molar-refractivity contribution in [2.75, 3.05) is 11.9 Å². The zero-order valence-corrected chi connectivity index (χ0v) is 18.2. The van der Waals surface area contributed by atoms with Crippen molar-refractivity contribution in [1.29, 1.82) is 0 Å². The van der Waals surface area contributed by atoms with E-state index in [0.717, 1.165) is 23.3 Å². The van der Waals surface area contributed by atoms with Gasteiger partial charge < -0.3 is 15.1 Å². The van der Waals surface area contributed by atoms with Gasteiger partial charge in [0.05, 0.1) is 12.2 Å². The molecular weight excluding hydrogens is 432 g/mol. The van der Waals surface area contributed by atoms with Gasteiger partial charge in [0.25, 0.3) is 0 Å². The minimum absolute atomic E-state index is 0.0415. The van der Waals surface area contributed by atoms with Crippen molar-refractivity contribution in [1.82, 2.24) is 9.80 Å². The van der Waals surface area contributed by atoms with Gasteiger partial charge in [0.1, 0.15) is 18.2 Å². The molecule has 166 valence electrons. The molecule has 5 nitrogen and oxygen atoms in total. The fraction of sp³-hybridized carbons (Fsp3) is 0.250. The highest BCUT2D eigenvalue weighted by Crippen LogP contribution is 2.28. The summed E-state index contributed by atoms with van der Waals surface area (Å²) in [4.78, 5) is 30.3. The van der Waals surface area contributed by atoms with Crippen LogP contribution in [0.1, 0.15) is 23.3 Å². The number of amides is 3. The van der Waals surface area contributed by atoms with Gasteiger partial charge in [0.2, 0.25) is 5.91 Å². The number of benzene rings is 2. The lowest BCUT2D eigenvalue weighted by Gasteiger charge is -2.28. The Labute approximate surface area is 189 Å². The monoisotopic (exact) mass is 455 g/mol. The molecule has 0 saturated heterocycles. The van der Waals surface area contributed by atoms with Crippen LogP contribution in [0, 0.1) is 11.6 Å². The SMILES string of the molecule is O=C(CN(C(=O)Nc1ccccc1F)C1CC1)N(Cc1ccc(F)cc1)Cc1cccs1. The zero-order chi connectivity index (χ0) is 22.5. The Balaban J connectivity index is 1.48. The second-order valence-corrected chi connectivity index (χ2v) is 8.76. The molecular formula is C24H23F2N3O2S. The fourth-order valence-corrected chi connectivity index (χ4v) is 4.10. The van der Waals surface area contributed by atoms with Gasteiger partial charge in [-0.15, -0.1) is 11.3 Å². The van der Waals surface area contributed by atoms with Gasteiger partial charge in [-0.05, 0) is 54.1 Å². The molecule has 3 amide bonds. The summed E-state index contributed by atoms with van der Waals surface area (Å²) in [5.74, 6) is -1.09. The van der Waals surface area contributed by atoms with E-state index in [1.807, 2.05) is 17.5 Å². The minimum Gasteiger partial charge on any atom is -0.332 e. The summed E-state index contributed by atoms with van der Waals surface area (Å²) < 4.78 is 27.3. The molecule has 1 heterocycles. The van der Waals surface area contributed by atoms with Crippen LogP contribution in [0.5, 0.6) is 0 Å². The maximum atomic E-state index is 14.0. The lowest BCUT2D eigenvalue weighted by atomic mass is 10.2. The van der Waals surface area contributed by atoms with Crippen LogP contribution < -0.4 is 5.32 Å². The first-order valence-electron chi connectivity index (χ1n) is 10.4. The predicted molar refractivity (Wildman–Crippen MR) is 120 cm³/mol. The van der Waals surface area contributed by atoms with Crippen molar-refractivity contribution in [2.45, 2.75) is 32.0 Å². The van der Waals surface area contributed by atoms with E-state index < -0.39 is 11.8 Å². The molecule has 1 aromatic heterocycles. The van der Waals surface area contributed by atoms with Crippen LogP contribution in [0.2, 0.25) is 0 Å². The van der Waals surface area contributed by atoms with E-state index >= 15 is 0 Å². The Kier molecular flexibility index (Phi) is 6.80. The number of thiophene rings is 1. The maximum Gasteiger partial charge on any atom is 0.322 e. The summed E-state index contributed by atoms with van der Waals surface area (Å²) >= 11 is 1.54. The van der Waals surface area contributed by atoms with Gasteiger partial charge in [-0.25, -0.2) is 13.6 Å². The second-order valence-electron chi connectivity index (χ2n) is 7.72. The molecule has 0 atom stereocenters. The first-order chi connectivity index (χ1) is 15.5. The number of hydrogen-bond acceptors (Lipinski definition) is 3. The molecule has 0 aliphatic heterocycles. The number of carbonyl (C=O) groups excluding carboxylic acids is 2. The van der Waals surface area contributed by atoms with E-state index in [1.54, 1.807) is 40.5 Å². The van der Waals surface area contributed by atoms with E-state index in [2.05, 4.69) is 5.32 Å². The lowest BCUT2D eigenvalue weighted by molar-refractivity contribution is -0.133. The summed E-state index contributed by atoms with van der Waals surface area (Å²) in [6.07, 6.45) is 1.61. The summed E-state index contributed by atoms with van der Waals surface area (Å²) in [5.41, 5.74) is 0.877. The minimum atomic E-state index is -0.529. The molecule has 1 saturated carbocycles. The summed E-state index contributed by atoms with van der Waals surface area (Å²) in [6, 6.07) is 15.3. The van der Waals surface area contributed by atoms with Crippen LogP contribution in [-0.2, 0) is 17.9 Å². The highest BCUT2D eigenvalue weighted by atomic mass is 32.1. The molecule has 8 heteroatoms. The van der Waals surface area contributed by atoms with E-state index in [9.17, 15) is 18.4 Å². The van der Waals surface area contributed by atoms with Gasteiger partial charge in [-0.1, -0.05) is 30.3 Å². The molecule has 1 fully saturated rings. The number of nitrogens with one attached hydrogen (secondary N) is 1. The lowest BCUT2D eigenvalue weighted by Crippen LogP contribution is -2.45. The van der Waals surface area contributed by atoms with E-state index in [0.29, 0.717) is 13.1 Å². The van der Waals surface area contributed by atoms with Crippen LogP contribution >= 0.6 is 11.3 Å². The smallest absolute Gasteiger partial charge is 0.322 e. The quantitative estimate of drug-likeness (QED) is 0.504. The molecule has 1 N–H and O–H groups in total. The van der Waals surface area contributed by atoms with Crippen LogP contribution in [-0.4, -0.2) is 34.3 Å². The van der Waals surface area contributed by atoms with Gasteiger partial charge in [-0.3, -0.25) is 4.79 Å². The standard InChI is InChI=1S/C24H23F2N3O2S/c25-18-9-7-17(8-10-18)14-28(15-20-4-3-13-32-20)23(30)16-29(19-11-12-19)24(31)27-22-6-2-1-5-21(22)26/h1-10,13,19H,11-12,14-16H2,(H,27,31). The van der Waals surface area contributed by atoms with Crippen molar-refractivity contribution >= 4 is 29.0 Å². The van der Waals surface area contributed by atoms with Crippen LogP contribution in [0.3, 0.4) is 0 Å². The Morgan fingerprint density at radius 1 is 0.969 bits per heavy atom. The van der Waals surface area contributed by atoms with E-state index in [-0.39, 0.29) is 30.0 Å². The van der Waals surface area contributed by atoms with Crippen LogP contribution in [0.25, 0.3) is 0 Å². The average Bonchev–Trinajstić information content (AvgIpc) is 3.49. The van der Waals surface area contributed by atoms with Gasteiger partial charge >= 0.3 is 6.03 Å². The first-order valence-corrected chi connectivity index (χ1v) is 11.2. The number of rotatable bonds is 8. The molecule has 2 aromatic carbocycles. The van der Waals surface area contributed by atoms with E-state index in [4.69, 9.17) is 0 Å². The Bertz CT molecular complexity index is 1070. The average molecular weight is 456 g/mol. The van der Waals surface area contributed by atoms with Crippen LogP contribution in [0.4, 0.5) is 19.3 Å². The largest absolute Gasteiger partial charge is 0.332 e. The number of nitrogens with zero attached hydrogens (tertiary/aromatic N) is 2. The number of para-hydroxylation sites is 1. The summed E-state index contributed by atoms with van der Waals surface area (Å²) in [5, 5.41) is 4.52. The normalized spacial score (nSPS) is 12.9. The molecule has 1 aliphatic carbocycles. The zero-order valence-electron chi connectivity index (χ0n) is 17.3. The first kappa shape index (κ1) is 22.0. The van der Waals surface area contributed by atoms with Gasteiger partial charge in [0, 0.05) is 17.5 Å². The molecule has 4 rings (SSSR count). The number of halogens is 2. The van der Waals surface area contributed by atoms with Gasteiger partial charge in [0.15, 0.2) is 0 Å². The number of urea groups is 1. The Hall–Kier alpha value is -3.26. The Morgan fingerprint density at radius 2 is 1.72 bits per heavy atom. The summed E-state index contributed by atoms with van der Waals surface area (Å²) in [7, 11) is 0. The molecule has 1 aliphatic rings. The third-order valence-corrected chi connectivity index (χ3v) is 6.10. The highest BCUT2D eigenvalue weighted by molar-refractivity contribution is 7.09. The Morgan fingerprint density at radius 3 is 2.38 bits per heavy atom. The molecule has 0 spiro atoms. The molecule has 32 heavy (non-hydrogen) atoms.